The fourth-order valence-corrected chi connectivity index (χ4v) is 0.903. The Labute approximate surface area is 90.1 Å². The monoisotopic (exact) mass is 207 g/mol. The van der Waals surface area contributed by atoms with Gasteiger partial charge in [0.25, 0.3) is 5.91 Å². The van der Waals surface area contributed by atoms with Crippen molar-refractivity contribution in [1.29, 1.82) is 0 Å². The Morgan fingerprint density at radius 1 is 1.40 bits per heavy atom. The molecule has 0 aliphatic carbocycles. The molecule has 0 bridgehead atoms. The molecule has 15 heavy (non-hydrogen) atoms. The summed E-state index contributed by atoms with van der Waals surface area (Å²) in [6.07, 6.45) is 4.52. The lowest BCUT2D eigenvalue weighted by atomic mass is 9.88. The van der Waals surface area contributed by atoms with E-state index in [0.717, 1.165) is 0 Å². The Hall–Kier alpha value is -1.45. The van der Waals surface area contributed by atoms with Gasteiger partial charge in [0.2, 0.25) is 0 Å². The van der Waals surface area contributed by atoms with Crippen LogP contribution in [-0.4, -0.2) is 21.9 Å². The lowest BCUT2D eigenvalue weighted by Crippen LogP contribution is -2.41. The van der Waals surface area contributed by atoms with Crippen LogP contribution in [0, 0.1) is 5.41 Å². The smallest absolute Gasteiger partial charge is 0.271 e. The second-order valence-electron chi connectivity index (χ2n) is 4.65. The maximum absolute atomic E-state index is 11.7. The van der Waals surface area contributed by atoms with Crippen molar-refractivity contribution < 1.29 is 4.79 Å². The van der Waals surface area contributed by atoms with Crippen LogP contribution in [0.2, 0.25) is 0 Å². The number of amides is 1. The second-order valence-corrected chi connectivity index (χ2v) is 4.65. The van der Waals surface area contributed by atoms with Crippen LogP contribution in [0.25, 0.3) is 0 Å². The van der Waals surface area contributed by atoms with Crippen LogP contribution in [0.5, 0.6) is 0 Å². The third-order valence-electron chi connectivity index (χ3n) is 2.44. The van der Waals surface area contributed by atoms with E-state index in [9.17, 15) is 4.79 Å². The predicted octanol–water partition coefficient (Wildman–Crippen LogP) is 1.64. The number of aromatic nitrogens is 2. The van der Waals surface area contributed by atoms with Crippen molar-refractivity contribution in [3.8, 4) is 0 Å². The van der Waals surface area contributed by atoms with Gasteiger partial charge in [0.15, 0.2) is 0 Å². The topological polar surface area (TPSA) is 54.9 Å². The molecule has 1 unspecified atom stereocenters. The highest BCUT2D eigenvalue weighted by Gasteiger charge is 2.22. The van der Waals surface area contributed by atoms with Crippen LogP contribution >= 0.6 is 0 Å². The summed E-state index contributed by atoms with van der Waals surface area (Å²) >= 11 is 0. The van der Waals surface area contributed by atoms with Crippen molar-refractivity contribution in [2.75, 3.05) is 0 Å². The molecule has 1 aromatic rings. The largest absolute Gasteiger partial charge is 0.348 e. The van der Waals surface area contributed by atoms with Crippen molar-refractivity contribution in [1.82, 2.24) is 15.3 Å². The summed E-state index contributed by atoms with van der Waals surface area (Å²) in [4.78, 5) is 19.5. The summed E-state index contributed by atoms with van der Waals surface area (Å²) in [6, 6.07) is 0.0898. The minimum Gasteiger partial charge on any atom is -0.348 e. The first-order valence-electron chi connectivity index (χ1n) is 4.98. The Balaban J connectivity index is 2.65. The van der Waals surface area contributed by atoms with Crippen LogP contribution in [0.3, 0.4) is 0 Å². The maximum Gasteiger partial charge on any atom is 0.271 e. The van der Waals surface area contributed by atoms with Crippen LogP contribution in [0.1, 0.15) is 38.2 Å². The minimum absolute atomic E-state index is 0.0396. The van der Waals surface area contributed by atoms with Crippen molar-refractivity contribution in [3.05, 3.63) is 24.3 Å². The van der Waals surface area contributed by atoms with Gasteiger partial charge in [0.1, 0.15) is 5.69 Å². The van der Waals surface area contributed by atoms with E-state index in [1.165, 1.54) is 12.4 Å². The molecular weight excluding hydrogens is 190 g/mol. The van der Waals surface area contributed by atoms with Gasteiger partial charge in [0.05, 0.1) is 6.20 Å². The van der Waals surface area contributed by atoms with E-state index in [-0.39, 0.29) is 17.4 Å². The number of nitrogens with one attached hydrogen (secondary N) is 1. The van der Waals surface area contributed by atoms with Gasteiger partial charge in [-0.3, -0.25) is 9.78 Å². The average Bonchev–Trinajstić information content (AvgIpc) is 2.17. The number of rotatable bonds is 2. The molecule has 4 heteroatoms. The summed E-state index contributed by atoms with van der Waals surface area (Å²) in [6.45, 7) is 8.21. The number of nitrogens with zero attached hydrogens (tertiary/aromatic N) is 2. The van der Waals surface area contributed by atoms with Crippen LogP contribution in [-0.2, 0) is 0 Å². The van der Waals surface area contributed by atoms with Gasteiger partial charge in [-0.05, 0) is 12.3 Å². The number of carbonyl (C=O) groups is 1. The van der Waals surface area contributed by atoms with Crippen molar-refractivity contribution in [2.24, 2.45) is 5.41 Å². The normalized spacial score (nSPS) is 13.3. The van der Waals surface area contributed by atoms with Crippen LogP contribution < -0.4 is 5.32 Å². The third-order valence-corrected chi connectivity index (χ3v) is 2.44. The Bertz CT molecular complexity index is 329. The van der Waals surface area contributed by atoms with E-state index < -0.39 is 0 Å². The molecule has 1 rings (SSSR count). The molecule has 1 atom stereocenters. The van der Waals surface area contributed by atoms with E-state index >= 15 is 0 Å². The lowest BCUT2D eigenvalue weighted by Gasteiger charge is -2.27. The van der Waals surface area contributed by atoms with Gasteiger partial charge in [-0.1, -0.05) is 20.8 Å². The number of carbonyl (C=O) groups excluding carboxylic acids is 1. The van der Waals surface area contributed by atoms with Gasteiger partial charge in [-0.25, -0.2) is 4.98 Å². The first-order chi connectivity index (χ1) is 6.91. The molecular formula is C11H17N3O. The molecule has 0 fully saturated rings. The molecule has 82 valence electrons. The third kappa shape index (κ3) is 3.31. The van der Waals surface area contributed by atoms with Gasteiger partial charge in [0, 0.05) is 18.4 Å². The SMILES string of the molecule is CC(NC(=O)c1cnccn1)C(C)(C)C. The average molecular weight is 207 g/mol. The number of hydrogen-bond donors (Lipinski definition) is 1. The quantitative estimate of drug-likeness (QED) is 0.802. The molecule has 0 saturated carbocycles. The highest BCUT2D eigenvalue weighted by Crippen LogP contribution is 2.18. The molecule has 0 spiro atoms. The van der Waals surface area contributed by atoms with E-state index in [1.54, 1.807) is 6.20 Å². The zero-order valence-corrected chi connectivity index (χ0v) is 9.61. The van der Waals surface area contributed by atoms with Gasteiger partial charge in [-0.15, -0.1) is 0 Å². The minimum atomic E-state index is -0.175. The number of hydrogen-bond acceptors (Lipinski definition) is 3. The molecule has 0 aliphatic heterocycles. The molecule has 1 amide bonds. The Morgan fingerprint density at radius 3 is 2.53 bits per heavy atom. The summed E-state index contributed by atoms with van der Waals surface area (Å²) in [5.74, 6) is -0.175. The fourth-order valence-electron chi connectivity index (χ4n) is 0.903. The Kier molecular flexibility index (Phi) is 3.39. The van der Waals surface area contributed by atoms with E-state index in [1.807, 2.05) is 6.92 Å². The van der Waals surface area contributed by atoms with Crippen LogP contribution in [0.15, 0.2) is 18.6 Å². The first kappa shape index (κ1) is 11.6. The fraction of sp³-hybridized carbons (Fsp3) is 0.545. The summed E-state index contributed by atoms with van der Waals surface area (Å²) in [5, 5.41) is 2.89. The highest BCUT2D eigenvalue weighted by molar-refractivity contribution is 5.92. The van der Waals surface area contributed by atoms with Gasteiger partial charge >= 0.3 is 0 Å². The van der Waals surface area contributed by atoms with E-state index in [0.29, 0.717) is 5.69 Å². The summed E-state index contributed by atoms with van der Waals surface area (Å²) < 4.78 is 0. The van der Waals surface area contributed by atoms with E-state index in [2.05, 4.69) is 36.1 Å². The van der Waals surface area contributed by atoms with Crippen LogP contribution in [0.4, 0.5) is 0 Å². The first-order valence-corrected chi connectivity index (χ1v) is 4.98. The Morgan fingerprint density at radius 2 is 2.07 bits per heavy atom. The van der Waals surface area contributed by atoms with Gasteiger partial charge < -0.3 is 5.32 Å². The molecule has 0 saturated heterocycles. The van der Waals surface area contributed by atoms with Crippen molar-refractivity contribution >= 4 is 5.91 Å². The molecule has 1 N–H and O–H groups in total. The molecule has 4 nitrogen and oxygen atoms in total. The highest BCUT2D eigenvalue weighted by atomic mass is 16.1. The van der Waals surface area contributed by atoms with Crippen molar-refractivity contribution in [2.45, 2.75) is 33.7 Å². The van der Waals surface area contributed by atoms with E-state index in [4.69, 9.17) is 0 Å². The predicted molar refractivity (Wildman–Crippen MR) is 58.4 cm³/mol. The molecule has 1 heterocycles. The molecule has 0 aliphatic rings. The zero-order valence-electron chi connectivity index (χ0n) is 9.61. The summed E-state index contributed by atoms with van der Waals surface area (Å²) in [7, 11) is 0. The maximum atomic E-state index is 11.7. The summed E-state index contributed by atoms with van der Waals surface area (Å²) in [5.41, 5.74) is 0.395. The second kappa shape index (κ2) is 4.38. The van der Waals surface area contributed by atoms with Crippen molar-refractivity contribution in [3.63, 3.8) is 0 Å². The molecule has 0 radical (unpaired) electrons. The standard InChI is InChI=1S/C11H17N3O/c1-8(11(2,3)4)14-10(15)9-7-12-5-6-13-9/h5-8H,1-4H3,(H,14,15). The molecule has 1 aromatic heterocycles. The molecule has 0 aromatic carbocycles. The zero-order chi connectivity index (χ0) is 11.5. The van der Waals surface area contributed by atoms with Gasteiger partial charge in [-0.2, -0.15) is 0 Å². The lowest BCUT2D eigenvalue weighted by molar-refractivity contribution is 0.0904.